The first-order valence-electron chi connectivity index (χ1n) is 5.26. The molecule has 0 atom stereocenters. The fourth-order valence-corrected chi connectivity index (χ4v) is 2.62. The molecule has 0 bridgehead atoms. The minimum atomic E-state index is -0.0188. The van der Waals surface area contributed by atoms with Gasteiger partial charge >= 0.3 is 4.87 Å². The molecular formula is C13H15NOS. The van der Waals surface area contributed by atoms with Crippen LogP contribution < -0.4 is 4.87 Å². The normalized spacial score (nSPS) is 11.7. The third-order valence-electron chi connectivity index (χ3n) is 2.48. The van der Waals surface area contributed by atoms with E-state index in [1.807, 2.05) is 35.7 Å². The second kappa shape index (κ2) is 3.91. The van der Waals surface area contributed by atoms with E-state index in [4.69, 9.17) is 0 Å². The van der Waals surface area contributed by atoms with Crippen LogP contribution in [-0.2, 0) is 5.41 Å². The molecule has 84 valence electrons. The molecule has 2 rings (SSSR count). The lowest BCUT2D eigenvalue weighted by Crippen LogP contribution is -2.22. The molecule has 2 aromatic rings. The van der Waals surface area contributed by atoms with Gasteiger partial charge in [0.05, 0.1) is 0 Å². The molecule has 0 saturated heterocycles. The fraction of sp³-hybridized carbons (Fsp3) is 0.308. The predicted molar refractivity (Wildman–Crippen MR) is 68.6 cm³/mol. The SMILES string of the molecule is CC(C)(C)c1csc(=O)n1-c1ccccc1. The van der Waals surface area contributed by atoms with Gasteiger partial charge in [0.15, 0.2) is 0 Å². The Hall–Kier alpha value is -1.35. The molecule has 1 aromatic heterocycles. The van der Waals surface area contributed by atoms with Crippen molar-refractivity contribution >= 4 is 11.3 Å². The van der Waals surface area contributed by atoms with Crippen LogP contribution in [0.3, 0.4) is 0 Å². The maximum atomic E-state index is 11.9. The monoisotopic (exact) mass is 233 g/mol. The van der Waals surface area contributed by atoms with Crippen LogP contribution in [-0.4, -0.2) is 4.57 Å². The van der Waals surface area contributed by atoms with Crippen LogP contribution >= 0.6 is 11.3 Å². The quantitative estimate of drug-likeness (QED) is 0.741. The van der Waals surface area contributed by atoms with Gasteiger partial charge < -0.3 is 0 Å². The third kappa shape index (κ3) is 1.95. The van der Waals surface area contributed by atoms with Crippen LogP contribution in [0.1, 0.15) is 26.5 Å². The summed E-state index contributed by atoms with van der Waals surface area (Å²) in [5.74, 6) is 0. The van der Waals surface area contributed by atoms with Gasteiger partial charge in [0.2, 0.25) is 0 Å². The first-order chi connectivity index (χ1) is 7.50. The Morgan fingerprint density at radius 1 is 1.12 bits per heavy atom. The number of nitrogens with zero attached hydrogens (tertiary/aromatic N) is 1. The molecule has 0 aliphatic carbocycles. The van der Waals surface area contributed by atoms with E-state index in [0.29, 0.717) is 0 Å². The topological polar surface area (TPSA) is 22.0 Å². The molecule has 0 fully saturated rings. The molecule has 3 heteroatoms. The molecule has 0 amide bonds. The lowest BCUT2D eigenvalue weighted by Gasteiger charge is -2.20. The second-order valence-corrected chi connectivity index (χ2v) is 5.63. The molecule has 0 saturated carbocycles. The summed E-state index contributed by atoms with van der Waals surface area (Å²) >= 11 is 1.26. The van der Waals surface area contributed by atoms with Crippen LogP contribution in [0.25, 0.3) is 5.69 Å². The van der Waals surface area contributed by atoms with Crippen molar-refractivity contribution in [3.8, 4) is 5.69 Å². The summed E-state index contributed by atoms with van der Waals surface area (Å²) in [4.78, 5) is 11.9. The molecule has 2 nitrogen and oxygen atoms in total. The molecule has 1 heterocycles. The van der Waals surface area contributed by atoms with E-state index >= 15 is 0 Å². The summed E-state index contributed by atoms with van der Waals surface area (Å²) in [5.41, 5.74) is 1.99. The summed E-state index contributed by atoms with van der Waals surface area (Å²) in [5, 5.41) is 1.95. The van der Waals surface area contributed by atoms with Crippen molar-refractivity contribution in [2.45, 2.75) is 26.2 Å². The zero-order chi connectivity index (χ0) is 11.8. The van der Waals surface area contributed by atoms with Crippen LogP contribution in [0.5, 0.6) is 0 Å². The van der Waals surface area contributed by atoms with Gasteiger partial charge in [0.25, 0.3) is 0 Å². The summed E-state index contributed by atoms with van der Waals surface area (Å²) in [6, 6.07) is 9.78. The number of rotatable bonds is 1. The van der Waals surface area contributed by atoms with Crippen molar-refractivity contribution in [3.63, 3.8) is 0 Å². The van der Waals surface area contributed by atoms with E-state index in [0.717, 1.165) is 11.4 Å². The van der Waals surface area contributed by atoms with Gasteiger partial charge in [0, 0.05) is 22.2 Å². The Labute approximate surface area is 99.2 Å². The summed E-state index contributed by atoms with van der Waals surface area (Å²) in [6.45, 7) is 6.36. The van der Waals surface area contributed by atoms with Gasteiger partial charge in [-0.25, -0.2) is 0 Å². The maximum absolute atomic E-state index is 11.9. The average molecular weight is 233 g/mol. The van der Waals surface area contributed by atoms with Crippen LogP contribution in [0.2, 0.25) is 0 Å². The van der Waals surface area contributed by atoms with Crippen LogP contribution in [0, 0.1) is 0 Å². The van der Waals surface area contributed by atoms with E-state index in [9.17, 15) is 4.79 Å². The number of hydrogen-bond acceptors (Lipinski definition) is 2. The highest BCUT2D eigenvalue weighted by molar-refractivity contribution is 7.07. The number of para-hydroxylation sites is 1. The molecule has 1 aromatic carbocycles. The number of aromatic nitrogens is 1. The Morgan fingerprint density at radius 3 is 2.31 bits per heavy atom. The second-order valence-electron chi connectivity index (χ2n) is 4.81. The van der Waals surface area contributed by atoms with Crippen molar-refractivity contribution in [2.75, 3.05) is 0 Å². The molecule has 0 aliphatic rings. The fourth-order valence-electron chi connectivity index (χ4n) is 1.64. The highest BCUT2D eigenvalue weighted by Gasteiger charge is 2.20. The molecule has 0 N–H and O–H groups in total. The molecule has 16 heavy (non-hydrogen) atoms. The van der Waals surface area contributed by atoms with Gasteiger partial charge in [-0.15, -0.1) is 0 Å². The van der Waals surface area contributed by atoms with E-state index < -0.39 is 0 Å². The Morgan fingerprint density at radius 2 is 1.75 bits per heavy atom. The molecule has 0 radical (unpaired) electrons. The maximum Gasteiger partial charge on any atom is 0.311 e. The van der Waals surface area contributed by atoms with Gasteiger partial charge in [-0.2, -0.15) is 0 Å². The van der Waals surface area contributed by atoms with E-state index in [-0.39, 0.29) is 10.3 Å². The van der Waals surface area contributed by atoms with Crippen molar-refractivity contribution in [3.05, 3.63) is 51.1 Å². The zero-order valence-corrected chi connectivity index (χ0v) is 10.5. The number of thiazole rings is 1. The zero-order valence-electron chi connectivity index (χ0n) is 9.73. The first-order valence-corrected chi connectivity index (χ1v) is 6.14. The van der Waals surface area contributed by atoms with Gasteiger partial charge in [0.1, 0.15) is 0 Å². The van der Waals surface area contributed by atoms with Crippen molar-refractivity contribution in [1.29, 1.82) is 0 Å². The van der Waals surface area contributed by atoms with Crippen molar-refractivity contribution < 1.29 is 0 Å². The lowest BCUT2D eigenvalue weighted by molar-refractivity contribution is 0.554. The van der Waals surface area contributed by atoms with Crippen LogP contribution in [0.15, 0.2) is 40.5 Å². The standard InChI is InChI=1S/C13H15NOS/c1-13(2,3)11-9-16-12(15)14(11)10-7-5-4-6-8-10/h4-9H,1-3H3. The Bertz CT molecular complexity index is 531. The molecule has 0 aliphatic heterocycles. The highest BCUT2D eigenvalue weighted by atomic mass is 32.1. The molecule has 0 spiro atoms. The summed E-state index contributed by atoms with van der Waals surface area (Å²) in [6.07, 6.45) is 0. The minimum absolute atomic E-state index is 0.0188. The van der Waals surface area contributed by atoms with Crippen molar-refractivity contribution in [2.24, 2.45) is 0 Å². The average Bonchev–Trinajstić information content (AvgIpc) is 2.61. The number of benzene rings is 1. The first kappa shape index (κ1) is 11.1. The Kier molecular flexibility index (Phi) is 2.72. The predicted octanol–water partition coefficient (Wildman–Crippen LogP) is 3.20. The number of hydrogen-bond donors (Lipinski definition) is 0. The van der Waals surface area contributed by atoms with Gasteiger partial charge in [-0.3, -0.25) is 9.36 Å². The van der Waals surface area contributed by atoms with Crippen LogP contribution in [0.4, 0.5) is 0 Å². The summed E-state index contributed by atoms with van der Waals surface area (Å²) < 4.78 is 1.80. The summed E-state index contributed by atoms with van der Waals surface area (Å²) in [7, 11) is 0. The largest absolute Gasteiger partial charge is 0.311 e. The molecular weight excluding hydrogens is 218 g/mol. The smallest absolute Gasteiger partial charge is 0.271 e. The molecule has 0 unspecified atom stereocenters. The van der Waals surface area contributed by atoms with Gasteiger partial charge in [-0.1, -0.05) is 50.3 Å². The van der Waals surface area contributed by atoms with Crippen molar-refractivity contribution in [1.82, 2.24) is 4.57 Å². The van der Waals surface area contributed by atoms with E-state index in [1.54, 1.807) is 4.57 Å². The van der Waals surface area contributed by atoms with E-state index in [2.05, 4.69) is 20.8 Å². The minimum Gasteiger partial charge on any atom is -0.271 e. The van der Waals surface area contributed by atoms with Gasteiger partial charge in [-0.05, 0) is 12.1 Å². The van der Waals surface area contributed by atoms with E-state index in [1.165, 1.54) is 11.3 Å². The highest BCUT2D eigenvalue weighted by Crippen LogP contribution is 2.24. The Balaban J connectivity index is 2.66. The lowest BCUT2D eigenvalue weighted by atomic mass is 9.93. The third-order valence-corrected chi connectivity index (χ3v) is 3.20.